The Hall–Kier alpha value is -2.53. The molecular weight excluding hydrogens is 312 g/mol. The van der Waals surface area contributed by atoms with Gasteiger partial charge in [-0.25, -0.2) is 0 Å². The lowest BCUT2D eigenvalue weighted by Gasteiger charge is -2.36. The van der Waals surface area contributed by atoms with E-state index in [1.807, 2.05) is 25.2 Å². The number of piperazine rings is 1. The summed E-state index contributed by atoms with van der Waals surface area (Å²) in [6.07, 6.45) is 0. The summed E-state index contributed by atoms with van der Waals surface area (Å²) in [6.45, 7) is 5.67. The minimum absolute atomic E-state index is 0.0129. The maximum absolute atomic E-state index is 12.5. The molecule has 0 atom stereocenters. The molecule has 0 saturated carbocycles. The smallest absolute Gasteiger partial charge is 0.255 e. The van der Waals surface area contributed by atoms with E-state index in [1.54, 1.807) is 17.0 Å². The molecule has 5 nitrogen and oxygen atoms in total. The molecule has 2 aromatic rings. The first-order valence-corrected chi connectivity index (χ1v) is 8.77. The van der Waals surface area contributed by atoms with Crippen molar-refractivity contribution in [1.29, 1.82) is 0 Å². The van der Waals surface area contributed by atoms with Crippen LogP contribution in [0.3, 0.4) is 0 Å². The molecule has 2 N–H and O–H groups in total. The highest BCUT2D eigenvalue weighted by atomic mass is 16.2. The van der Waals surface area contributed by atoms with E-state index in [1.165, 1.54) is 5.69 Å². The van der Waals surface area contributed by atoms with E-state index >= 15 is 0 Å². The van der Waals surface area contributed by atoms with E-state index in [9.17, 15) is 4.79 Å². The summed E-state index contributed by atoms with van der Waals surface area (Å²) >= 11 is 0. The van der Waals surface area contributed by atoms with Gasteiger partial charge >= 0.3 is 0 Å². The van der Waals surface area contributed by atoms with Gasteiger partial charge in [-0.3, -0.25) is 9.69 Å². The van der Waals surface area contributed by atoms with Gasteiger partial charge in [-0.15, -0.1) is 0 Å². The summed E-state index contributed by atoms with van der Waals surface area (Å²) in [7, 11) is 1.84. The molecule has 0 radical (unpaired) electrons. The molecule has 2 aromatic carbocycles. The van der Waals surface area contributed by atoms with Crippen molar-refractivity contribution in [3.8, 4) is 0 Å². The second kappa shape index (κ2) is 8.03. The molecule has 5 heteroatoms. The van der Waals surface area contributed by atoms with Gasteiger partial charge in [0.2, 0.25) is 0 Å². The minimum Gasteiger partial charge on any atom is -0.398 e. The number of para-hydroxylation sites is 2. The van der Waals surface area contributed by atoms with Gasteiger partial charge in [0, 0.05) is 57.7 Å². The largest absolute Gasteiger partial charge is 0.398 e. The zero-order valence-electron chi connectivity index (χ0n) is 14.8. The van der Waals surface area contributed by atoms with Gasteiger partial charge in [-0.2, -0.15) is 0 Å². The molecule has 1 saturated heterocycles. The van der Waals surface area contributed by atoms with Crippen molar-refractivity contribution >= 4 is 17.3 Å². The normalized spacial score (nSPS) is 15.2. The van der Waals surface area contributed by atoms with Gasteiger partial charge in [0.1, 0.15) is 0 Å². The number of carbonyl (C=O) groups is 1. The Morgan fingerprint density at radius 1 is 1.00 bits per heavy atom. The molecule has 3 rings (SSSR count). The zero-order chi connectivity index (χ0) is 17.6. The fourth-order valence-electron chi connectivity index (χ4n) is 3.16. The first-order valence-electron chi connectivity index (χ1n) is 8.77. The number of hydrogen-bond acceptors (Lipinski definition) is 4. The second-order valence-corrected chi connectivity index (χ2v) is 6.48. The van der Waals surface area contributed by atoms with Crippen LogP contribution in [0.1, 0.15) is 10.4 Å². The van der Waals surface area contributed by atoms with Crippen LogP contribution >= 0.6 is 0 Å². The summed E-state index contributed by atoms with van der Waals surface area (Å²) in [4.78, 5) is 19.1. The maximum Gasteiger partial charge on any atom is 0.255 e. The molecular formula is C20H26N4O. The summed E-state index contributed by atoms with van der Waals surface area (Å²) < 4.78 is 0. The third kappa shape index (κ3) is 4.31. The maximum atomic E-state index is 12.5. The third-order valence-corrected chi connectivity index (χ3v) is 4.78. The molecule has 0 bridgehead atoms. The van der Waals surface area contributed by atoms with E-state index in [-0.39, 0.29) is 5.91 Å². The Bertz CT molecular complexity index is 696. The number of hydrogen-bond donors (Lipinski definition) is 1. The SMILES string of the molecule is CN(CCN1CCN(c2ccccc2)CC1)C(=O)c1ccccc1N. The molecule has 1 amide bonds. The Morgan fingerprint density at radius 2 is 1.64 bits per heavy atom. The molecule has 0 aliphatic carbocycles. The molecule has 0 aromatic heterocycles. The van der Waals surface area contributed by atoms with Gasteiger partial charge in [-0.05, 0) is 24.3 Å². The summed E-state index contributed by atoms with van der Waals surface area (Å²) in [6, 6.07) is 17.8. The van der Waals surface area contributed by atoms with Crippen LogP contribution in [0.15, 0.2) is 54.6 Å². The van der Waals surface area contributed by atoms with Crippen LogP contribution in [-0.4, -0.2) is 62.0 Å². The van der Waals surface area contributed by atoms with Crippen molar-refractivity contribution < 1.29 is 4.79 Å². The first kappa shape index (κ1) is 17.3. The van der Waals surface area contributed by atoms with Crippen LogP contribution in [-0.2, 0) is 0 Å². The zero-order valence-corrected chi connectivity index (χ0v) is 14.8. The Kier molecular flexibility index (Phi) is 5.56. The van der Waals surface area contributed by atoms with Crippen LogP contribution in [0.4, 0.5) is 11.4 Å². The van der Waals surface area contributed by atoms with Crippen LogP contribution in [0.2, 0.25) is 0 Å². The molecule has 25 heavy (non-hydrogen) atoms. The Morgan fingerprint density at radius 3 is 2.32 bits per heavy atom. The third-order valence-electron chi connectivity index (χ3n) is 4.78. The van der Waals surface area contributed by atoms with E-state index in [4.69, 9.17) is 5.73 Å². The average Bonchev–Trinajstić information content (AvgIpc) is 2.67. The lowest BCUT2D eigenvalue weighted by Crippen LogP contribution is -2.48. The molecule has 1 heterocycles. The standard InChI is InChI=1S/C20H26N4O/c1-22(20(25)18-9-5-6-10-19(18)21)11-12-23-13-15-24(16-14-23)17-7-3-2-4-8-17/h2-10H,11-16,21H2,1H3. The van der Waals surface area contributed by atoms with Crippen molar-refractivity contribution in [1.82, 2.24) is 9.80 Å². The molecule has 0 unspecified atom stereocenters. The number of likely N-dealkylation sites (N-methyl/N-ethyl adjacent to an activating group) is 1. The molecule has 1 fully saturated rings. The average molecular weight is 338 g/mol. The number of amides is 1. The number of rotatable bonds is 5. The van der Waals surface area contributed by atoms with Crippen LogP contribution in [0.5, 0.6) is 0 Å². The number of nitrogens with zero attached hydrogens (tertiary/aromatic N) is 3. The molecule has 1 aliphatic rings. The van der Waals surface area contributed by atoms with Crippen molar-refractivity contribution in [2.24, 2.45) is 0 Å². The molecule has 1 aliphatic heterocycles. The predicted octanol–water partition coefficient (Wildman–Crippen LogP) is 2.16. The van der Waals surface area contributed by atoms with Gasteiger partial charge in [-0.1, -0.05) is 30.3 Å². The van der Waals surface area contributed by atoms with Crippen LogP contribution in [0, 0.1) is 0 Å². The van der Waals surface area contributed by atoms with Crippen LogP contribution < -0.4 is 10.6 Å². The van der Waals surface area contributed by atoms with Gasteiger partial charge in [0.15, 0.2) is 0 Å². The Balaban J connectivity index is 1.47. The monoisotopic (exact) mass is 338 g/mol. The topological polar surface area (TPSA) is 52.8 Å². The lowest BCUT2D eigenvalue weighted by molar-refractivity contribution is 0.0777. The molecule has 0 spiro atoms. The molecule has 132 valence electrons. The van der Waals surface area contributed by atoms with Crippen LogP contribution in [0.25, 0.3) is 0 Å². The summed E-state index contributed by atoms with van der Waals surface area (Å²) in [5, 5.41) is 0. The Labute approximate surface area is 149 Å². The van der Waals surface area contributed by atoms with Crippen molar-refractivity contribution in [3.63, 3.8) is 0 Å². The fourth-order valence-corrected chi connectivity index (χ4v) is 3.16. The van der Waals surface area contributed by atoms with Crippen molar-refractivity contribution in [2.45, 2.75) is 0 Å². The van der Waals surface area contributed by atoms with E-state index < -0.39 is 0 Å². The summed E-state index contributed by atoms with van der Waals surface area (Å²) in [5.41, 5.74) is 8.31. The predicted molar refractivity (Wildman–Crippen MR) is 103 cm³/mol. The highest BCUT2D eigenvalue weighted by Crippen LogP contribution is 2.16. The van der Waals surface area contributed by atoms with Gasteiger partial charge in [0.05, 0.1) is 5.56 Å². The first-order chi connectivity index (χ1) is 12.1. The van der Waals surface area contributed by atoms with E-state index in [0.717, 1.165) is 32.7 Å². The number of anilines is 2. The number of nitrogens with two attached hydrogens (primary N) is 1. The highest BCUT2D eigenvalue weighted by molar-refractivity contribution is 5.98. The van der Waals surface area contributed by atoms with E-state index in [0.29, 0.717) is 17.8 Å². The number of benzene rings is 2. The highest BCUT2D eigenvalue weighted by Gasteiger charge is 2.19. The quantitative estimate of drug-likeness (QED) is 0.849. The summed E-state index contributed by atoms with van der Waals surface area (Å²) in [5.74, 6) is -0.0129. The van der Waals surface area contributed by atoms with Gasteiger partial charge < -0.3 is 15.5 Å². The van der Waals surface area contributed by atoms with E-state index in [2.05, 4.69) is 34.1 Å². The van der Waals surface area contributed by atoms with Gasteiger partial charge in [0.25, 0.3) is 5.91 Å². The number of carbonyl (C=O) groups excluding carboxylic acids is 1. The second-order valence-electron chi connectivity index (χ2n) is 6.48. The van der Waals surface area contributed by atoms with Crippen molar-refractivity contribution in [2.75, 3.05) is 56.9 Å². The fraction of sp³-hybridized carbons (Fsp3) is 0.350. The van der Waals surface area contributed by atoms with Crippen molar-refractivity contribution in [3.05, 3.63) is 60.2 Å². The minimum atomic E-state index is -0.0129. The number of nitrogen functional groups attached to an aromatic ring is 1. The lowest BCUT2D eigenvalue weighted by atomic mass is 10.1.